The molecule has 0 spiro atoms. The van der Waals surface area contributed by atoms with Gasteiger partial charge in [-0.25, -0.2) is 4.39 Å². The average molecular weight is 276 g/mol. The Bertz CT molecular complexity index is 383. The zero-order valence-corrected chi connectivity index (χ0v) is 11.2. The molecule has 0 aromatic heterocycles. The van der Waals surface area contributed by atoms with E-state index in [2.05, 4.69) is 0 Å². The van der Waals surface area contributed by atoms with Gasteiger partial charge < -0.3 is 15.2 Å². The van der Waals surface area contributed by atoms with E-state index in [0.717, 1.165) is 31.6 Å². The van der Waals surface area contributed by atoms with Gasteiger partial charge in [-0.15, -0.1) is 12.4 Å². The smallest absolute Gasteiger partial charge is 0.165 e. The Balaban J connectivity index is 0.00000162. The van der Waals surface area contributed by atoms with Crippen LogP contribution in [-0.2, 0) is 4.74 Å². The second kappa shape index (κ2) is 6.92. The number of rotatable bonds is 3. The Morgan fingerprint density at radius 2 is 2.06 bits per heavy atom. The van der Waals surface area contributed by atoms with E-state index < -0.39 is 0 Å². The van der Waals surface area contributed by atoms with Crippen molar-refractivity contribution in [3.05, 3.63) is 29.6 Å². The topological polar surface area (TPSA) is 44.5 Å². The highest BCUT2D eigenvalue weighted by Crippen LogP contribution is 2.30. The maximum absolute atomic E-state index is 13.3. The minimum atomic E-state index is -0.351. The summed E-state index contributed by atoms with van der Waals surface area (Å²) in [4.78, 5) is 0. The predicted octanol–water partition coefficient (Wildman–Crippen LogP) is 2.68. The summed E-state index contributed by atoms with van der Waals surface area (Å²) in [6, 6.07) is 4.76. The van der Waals surface area contributed by atoms with Gasteiger partial charge in [0.1, 0.15) is 0 Å². The fourth-order valence-electron chi connectivity index (χ4n) is 2.23. The maximum atomic E-state index is 13.3. The number of nitrogens with two attached hydrogens (primary N) is 1. The van der Waals surface area contributed by atoms with Gasteiger partial charge in [0.15, 0.2) is 11.6 Å². The molecule has 0 aliphatic carbocycles. The van der Waals surface area contributed by atoms with Crippen LogP contribution in [0.3, 0.4) is 0 Å². The van der Waals surface area contributed by atoms with E-state index in [0.29, 0.717) is 5.92 Å². The van der Waals surface area contributed by atoms with Gasteiger partial charge in [-0.1, -0.05) is 6.07 Å². The molecule has 1 heterocycles. The average Bonchev–Trinajstić information content (AvgIpc) is 2.39. The van der Waals surface area contributed by atoms with Crippen LogP contribution in [0.2, 0.25) is 0 Å². The molecular weight excluding hydrogens is 257 g/mol. The first-order valence-corrected chi connectivity index (χ1v) is 5.89. The molecule has 1 aliphatic heterocycles. The minimum absolute atomic E-state index is 0. The molecule has 0 radical (unpaired) electrons. The van der Waals surface area contributed by atoms with Crippen LogP contribution in [0.15, 0.2) is 18.2 Å². The monoisotopic (exact) mass is 275 g/mol. The number of halogens is 2. The molecule has 18 heavy (non-hydrogen) atoms. The van der Waals surface area contributed by atoms with Crippen LogP contribution < -0.4 is 10.5 Å². The van der Waals surface area contributed by atoms with E-state index in [1.807, 2.05) is 0 Å². The highest BCUT2D eigenvalue weighted by atomic mass is 35.5. The molecule has 2 N–H and O–H groups in total. The van der Waals surface area contributed by atoms with Gasteiger partial charge in [0.2, 0.25) is 0 Å². The molecule has 0 amide bonds. The van der Waals surface area contributed by atoms with Crippen LogP contribution >= 0.6 is 12.4 Å². The van der Waals surface area contributed by atoms with E-state index in [1.54, 1.807) is 12.1 Å². The number of benzene rings is 1. The van der Waals surface area contributed by atoms with Crippen molar-refractivity contribution in [3.63, 3.8) is 0 Å². The molecule has 0 bridgehead atoms. The SMILES string of the molecule is COc1cc([C@H](N)C2CCOCC2)ccc1F.Cl. The standard InChI is InChI=1S/C13H18FNO2.ClH/c1-16-12-8-10(2-3-11(12)14)13(15)9-4-6-17-7-5-9;/h2-3,8-9,13H,4-7,15H2,1H3;1H/t13-;/m1./s1. The van der Waals surface area contributed by atoms with Crippen LogP contribution in [0.4, 0.5) is 4.39 Å². The molecule has 3 nitrogen and oxygen atoms in total. The molecule has 1 aromatic rings. The van der Waals surface area contributed by atoms with Crippen molar-refractivity contribution >= 4 is 12.4 Å². The van der Waals surface area contributed by atoms with Gasteiger partial charge in [-0.2, -0.15) is 0 Å². The highest BCUT2D eigenvalue weighted by Gasteiger charge is 2.23. The first kappa shape index (κ1) is 15.2. The van der Waals surface area contributed by atoms with Gasteiger partial charge in [0.25, 0.3) is 0 Å². The van der Waals surface area contributed by atoms with Gasteiger partial charge in [0, 0.05) is 19.3 Å². The molecule has 1 aliphatic rings. The van der Waals surface area contributed by atoms with Crippen molar-refractivity contribution in [3.8, 4) is 5.75 Å². The summed E-state index contributed by atoms with van der Waals surface area (Å²) >= 11 is 0. The normalized spacial score (nSPS) is 17.9. The van der Waals surface area contributed by atoms with Crippen LogP contribution in [0.1, 0.15) is 24.4 Å². The summed E-state index contributed by atoms with van der Waals surface area (Å²) in [6.07, 6.45) is 1.92. The molecule has 2 rings (SSSR count). The summed E-state index contributed by atoms with van der Waals surface area (Å²) in [5, 5.41) is 0. The molecule has 5 heteroatoms. The molecule has 102 valence electrons. The van der Waals surface area contributed by atoms with Crippen molar-refractivity contribution in [2.45, 2.75) is 18.9 Å². The Labute approximate surface area is 113 Å². The first-order valence-electron chi connectivity index (χ1n) is 5.89. The lowest BCUT2D eigenvalue weighted by Crippen LogP contribution is -2.27. The minimum Gasteiger partial charge on any atom is -0.494 e. The van der Waals surface area contributed by atoms with E-state index in [1.165, 1.54) is 13.2 Å². The van der Waals surface area contributed by atoms with Crippen LogP contribution in [-0.4, -0.2) is 20.3 Å². The third-order valence-electron chi connectivity index (χ3n) is 3.33. The quantitative estimate of drug-likeness (QED) is 0.922. The van der Waals surface area contributed by atoms with Crippen LogP contribution in [0.25, 0.3) is 0 Å². The van der Waals surface area contributed by atoms with E-state index in [4.69, 9.17) is 15.2 Å². The van der Waals surface area contributed by atoms with E-state index in [9.17, 15) is 4.39 Å². The van der Waals surface area contributed by atoms with Gasteiger partial charge in [-0.3, -0.25) is 0 Å². The summed E-state index contributed by atoms with van der Waals surface area (Å²) in [5.41, 5.74) is 7.14. The largest absolute Gasteiger partial charge is 0.494 e. The Kier molecular flexibility index (Phi) is 5.85. The van der Waals surface area contributed by atoms with Crippen molar-refractivity contribution in [2.75, 3.05) is 20.3 Å². The molecular formula is C13H19ClFNO2. The highest BCUT2D eigenvalue weighted by molar-refractivity contribution is 5.85. The lowest BCUT2D eigenvalue weighted by molar-refractivity contribution is 0.0583. The summed E-state index contributed by atoms with van der Waals surface area (Å²) in [6.45, 7) is 1.52. The van der Waals surface area contributed by atoms with E-state index >= 15 is 0 Å². The molecule has 0 unspecified atom stereocenters. The lowest BCUT2D eigenvalue weighted by Gasteiger charge is -2.28. The van der Waals surface area contributed by atoms with E-state index in [-0.39, 0.29) is 30.0 Å². The number of methoxy groups -OCH3 is 1. The molecule has 1 aromatic carbocycles. The number of ether oxygens (including phenoxy) is 2. The number of hydrogen-bond donors (Lipinski definition) is 1. The van der Waals surface area contributed by atoms with Crippen molar-refractivity contribution < 1.29 is 13.9 Å². The molecule has 0 saturated carbocycles. The fourth-order valence-corrected chi connectivity index (χ4v) is 2.23. The van der Waals surface area contributed by atoms with Crippen molar-refractivity contribution in [1.29, 1.82) is 0 Å². The fraction of sp³-hybridized carbons (Fsp3) is 0.538. The van der Waals surface area contributed by atoms with Gasteiger partial charge >= 0.3 is 0 Å². The van der Waals surface area contributed by atoms with Crippen molar-refractivity contribution in [2.24, 2.45) is 11.7 Å². The van der Waals surface area contributed by atoms with Gasteiger partial charge in [0.05, 0.1) is 7.11 Å². The zero-order chi connectivity index (χ0) is 12.3. The Morgan fingerprint density at radius 3 is 2.67 bits per heavy atom. The zero-order valence-electron chi connectivity index (χ0n) is 10.4. The second-order valence-electron chi connectivity index (χ2n) is 4.37. The number of hydrogen-bond acceptors (Lipinski definition) is 3. The van der Waals surface area contributed by atoms with Gasteiger partial charge in [-0.05, 0) is 36.5 Å². The maximum Gasteiger partial charge on any atom is 0.165 e. The van der Waals surface area contributed by atoms with Crippen LogP contribution in [0, 0.1) is 11.7 Å². The predicted molar refractivity (Wildman–Crippen MR) is 70.7 cm³/mol. The third-order valence-corrected chi connectivity index (χ3v) is 3.33. The summed E-state index contributed by atoms with van der Waals surface area (Å²) in [7, 11) is 1.46. The summed E-state index contributed by atoms with van der Waals surface area (Å²) in [5.74, 6) is 0.305. The second-order valence-corrected chi connectivity index (χ2v) is 4.37. The van der Waals surface area contributed by atoms with Crippen molar-refractivity contribution in [1.82, 2.24) is 0 Å². The summed E-state index contributed by atoms with van der Waals surface area (Å²) < 4.78 is 23.6. The Hall–Kier alpha value is -0.840. The third kappa shape index (κ3) is 3.34. The Morgan fingerprint density at radius 1 is 1.39 bits per heavy atom. The molecule has 1 saturated heterocycles. The first-order chi connectivity index (χ1) is 8.22. The van der Waals surface area contributed by atoms with Crippen LogP contribution in [0.5, 0.6) is 5.75 Å². The molecule has 1 atom stereocenters. The molecule has 1 fully saturated rings. The lowest BCUT2D eigenvalue weighted by atomic mass is 9.88.